The van der Waals surface area contributed by atoms with Gasteiger partial charge in [0.25, 0.3) is 0 Å². The Morgan fingerprint density at radius 2 is 1.89 bits per heavy atom. The third kappa shape index (κ3) is 1.99. The predicted molar refractivity (Wildman–Crippen MR) is 68.8 cm³/mol. The van der Waals surface area contributed by atoms with Crippen LogP contribution in [0.25, 0.3) is 0 Å². The van der Waals surface area contributed by atoms with Crippen LogP contribution in [-0.4, -0.2) is 23.3 Å². The second-order valence-electron chi connectivity index (χ2n) is 5.44. The summed E-state index contributed by atoms with van der Waals surface area (Å²) in [5.41, 5.74) is 7.35. The molecule has 2 bridgehead atoms. The van der Waals surface area contributed by atoms with Crippen molar-refractivity contribution >= 4 is 5.69 Å². The summed E-state index contributed by atoms with van der Waals surface area (Å²) in [5.74, 6) is -0.224. The minimum absolute atomic E-state index is 0.193. The molecule has 2 fully saturated rings. The molecule has 0 saturated carbocycles. The molecule has 2 aliphatic heterocycles. The largest absolute Gasteiger partial charge is 0.393 e. The number of rotatable bonds is 2. The Labute approximate surface area is 106 Å². The fourth-order valence-electron chi connectivity index (χ4n) is 3.47. The van der Waals surface area contributed by atoms with Gasteiger partial charge in [-0.05, 0) is 49.4 Å². The van der Waals surface area contributed by atoms with Crippen LogP contribution in [0.1, 0.15) is 31.2 Å². The van der Waals surface area contributed by atoms with Crippen molar-refractivity contribution in [2.75, 3.05) is 4.90 Å². The van der Waals surface area contributed by atoms with E-state index in [0.717, 1.165) is 36.9 Å². The van der Waals surface area contributed by atoms with Gasteiger partial charge in [-0.25, -0.2) is 4.39 Å². The molecule has 2 heterocycles. The molecule has 0 aliphatic carbocycles. The lowest BCUT2D eigenvalue weighted by Crippen LogP contribution is -2.44. The molecule has 2 unspecified atom stereocenters. The Morgan fingerprint density at radius 3 is 2.50 bits per heavy atom. The fraction of sp³-hybridized carbons (Fsp3) is 0.571. The van der Waals surface area contributed by atoms with Crippen LogP contribution < -0.4 is 10.6 Å². The molecule has 1 aromatic rings. The number of anilines is 1. The van der Waals surface area contributed by atoms with Crippen LogP contribution in [0, 0.1) is 5.82 Å². The first-order chi connectivity index (χ1) is 8.67. The highest BCUT2D eigenvalue weighted by molar-refractivity contribution is 5.52. The van der Waals surface area contributed by atoms with Crippen LogP contribution in [-0.2, 0) is 6.54 Å². The van der Waals surface area contributed by atoms with Crippen LogP contribution >= 0.6 is 0 Å². The molecule has 2 atom stereocenters. The molecule has 3 nitrogen and oxygen atoms in total. The van der Waals surface area contributed by atoms with E-state index in [9.17, 15) is 9.50 Å². The van der Waals surface area contributed by atoms with Crippen LogP contribution in [0.15, 0.2) is 18.2 Å². The normalized spacial score (nSPS) is 30.8. The molecule has 3 N–H and O–H groups in total. The number of aliphatic hydroxyl groups is 1. The maximum Gasteiger partial charge on any atom is 0.125 e. The summed E-state index contributed by atoms with van der Waals surface area (Å²) in [7, 11) is 0. The number of aliphatic hydroxyl groups excluding tert-OH is 1. The number of benzene rings is 1. The zero-order valence-corrected chi connectivity index (χ0v) is 10.3. The summed E-state index contributed by atoms with van der Waals surface area (Å²) in [5, 5.41) is 9.79. The van der Waals surface area contributed by atoms with Crippen molar-refractivity contribution in [3.8, 4) is 0 Å². The van der Waals surface area contributed by atoms with Crippen LogP contribution in [0.3, 0.4) is 0 Å². The van der Waals surface area contributed by atoms with Crippen LogP contribution in [0.4, 0.5) is 10.1 Å². The Balaban J connectivity index is 1.93. The highest BCUT2D eigenvalue weighted by Gasteiger charge is 2.40. The third-order valence-electron chi connectivity index (χ3n) is 4.18. The van der Waals surface area contributed by atoms with Gasteiger partial charge in [0.1, 0.15) is 5.82 Å². The number of piperidine rings is 1. The molecule has 1 aromatic carbocycles. The molecule has 2 saturated heterocycles. The van der Waals surface area contributed by atoms with E-state index in [0.29, 0.717) is 18.6 Å². The zero-order chi connectivity index (χ0) is 12.7. The van der Waals surface area contributed by atoms with Crippen LogP contribution in [0.2, 0.25) is 0 Å². The average molecular weight is 250 g/mol. The monoisotopic (exact) mass is 250 g/mol. The SMILES string of the molecule is NCc1cc(F)cc(N2C3CCC2CC(O)C3)c1. The molecule has 0 spiro atoms. The van der Waals surface area contributed by atoms with Gasteiger partial charge in [0.15, 0.2) is 0 Å². The Kier molecular flexibility index (Phi) is 2.99. The van der Waals surface area contributed by atoms with Gasteiger partial charge in [-0.2, -0.15) is 0 Å². The van der Waals surface area contributed by atoms with Gasteiger partial charge in [0.05, 0.1) is 6.10 Å². The maximum atomic E-state index is 13.6. The van der Waals surface area contributed by atoms with Crippen molar-refractivity contribution in [3.05, 3.63) is 29.6 Å². The average Bonchev–Trinajstić information content (AvgIpc) is 2.61. The number of fused-ring (bicyclic) bond motifs is 2. The molecule has 0 aromatic heterocycles. The summed E-state index contributed by atoms with van der Waals surface area (Å²) < 4.78 is 13.6. The highest BCUT2D eigenvalue weighted by Crippen LogP contribution is 2.39. The molecule has 0 amide bonds. The quantitative estimate of drug-likeness (QED) is 0.841. The van der Waals surface area contributed by atoms with E-state index in [1.165, 1.54) is 6.07 Å². The van der Waals surface area contributed by atoms with Crippen molar-refractivity contribution in [2.45, 2.75) is 50.4 Å². The van der Waals surface area contributed by atoms with E-state index in [1.807, 2.05) is 6.07 Å². The first-order valence-electron chi connectivity index (χ1n) is 6.63. The molecule has 4 heteroatoms. The molecule has 3 rings (SSSR count). The van der Waals surface area contributed by atoms with E-state index in [4.69, 9.17) is 5.73 Å². The van der Waals surface area contributed by atoms with E-state index < -0.39 is 0 Å². The zero-order valence-electron chi connectivity index (χ0n) is 10.3. The van der Waals surface area contributed by atoms with Crippen molar-refractivity contribution in [1.29, 1.82) is 0 Å². The number of nitrogens with two attached hydrogens (primary N) is 1. The van der Waals surface area contributed by atoms with Gasteiger partial charge in [0.2, 0.25) is 0 Å². The Morgan fingerprint density at radius 1 is 1.22 bits per heavy atom. The lowest BCUT2D eigenvalue weighted by atomic mass is 9.98. The first kappa shape index (κ1) is 11.9. The number of hydrogen-bond acceptors (Lipinski definition) is 3. The summed E-state index contributed by atoms with van der Waals surface area (Å²) in [6.45, 7) is 0.358. The summed E-state index contributed by atoms with van der Waals surface area (Å²) in [6.07, 6.45) is 3.59. The molecule has 0 radical (unpaired) electrons. The third-order valence-corrected chi connectivity index (χ3v) is 4.18. The number of halogens is 1. The standard InChI is InChI=1S/C14H19FN2O/c15-10-3-9(8-16)4-13(5-10)17-11-1-2-12(17)7-14(18)6-11/h3-5,11-12,14,18H,1-2,6-8,16H2. The molecular weight excluding hydrogens is 231 g/mol. The van der Waals surface area contributed by atoms with Gasteiger partial charge in [-0.3, -0.25) is 0 Å². The van der Waals surface area contributed by atoms with Crippen LogP contribution in [0.5, 0.6) is 0 Å². The second-order valence-corrected chi connectivity index (χ2v) is 5.44. The smallest absolute Gasteiger partial charge is 0.125 e. The topological polar surface area (TPSA) is 49.5 Å². The molecule has 18 heavy (non-hydrogen) atoms. The number of hydrogen-bond donors (Lipinski definition) is 2. The predicted octanol–water partition coefficient (Wildman–Crippen LogP) is 1.78. The van der Waals surface area contributed by atoms with Gasteiger partial charge in [0, 0.05) is 24.3 Å². The summed E-state index contributed by atoms with van der Waals surface area (Å²) in [6, 6.07) is 5.76. The van der Waals surface area contributed by atoms with Crippen molar-refractivity contribution in [1.82, 2.24) is 0 Å². The Hall–Kier alpha value is -1.13. The second kappa shape index (κ2) is 4.52. The van der Waals surface area contributed by atoms with Gasteiger partial charge >= 0.3 is 0 Å². The van der Waals surface area contributed by atoms with Crippen molar-refractivity contribution < 1.29 is 9.50 Å². The van der Waals surface area contributed by atoms with Crippen molar-refractivity contribution in [3.63, 3.8) is 0 Å². The first-order valence-corrected chi connectivity index (χ1v) is 6.63. The van der Waals surface area contributed by atoms with Crippen molar-refractivity contribution in [2.24, 2.45) is 5.73 Å². The Bertz CT molecular complexity index is 437. The highest BCUT2D eigenvalue weighted by atomic mass is 19.1. The number of nitrogens with zero attached hydrogens (tertiary/aromatic N) is 1. The molecular formula is C14H19FN2O. The summed E-state index contributed by atoms with van der Waals surface area (Å²) in [4.78, 5) is 2.29. The van der Waals surface area contributed by atoms with E-state index in [2.05, 4.69) is 4.90 Å². The molecule has 98 valence electrons. The van der Waals surface area contributed by atoms with Gasteiger partial charge in [-0.1, -0.05) is 0 Å². The lowest BCUT2D eigenvalue weighted by molar-refractivity contribution is 0.126. The fourth-order valence-corrected chi connectivity index (χ4v) is 3.47. The van der Waals surface area contributed by atoms with E-state index in [-0.39, 0.29) is 11.9 Å². The summed E-state index contributed by atoms with van der Waals surface area (Å²) >= 11 is 0. The van der Waals surface area contributed by atoms with Gasteiger partial charge < -0.3 is 15.7 Å². The van der Waals surface area contributed by atoms with Gasteiger partial charge in [-0.15, -0.1) is 0 Å². The molecule has 2 aliphatic rings. The minimum Gasteiger partial charge on any atom is -0.393 e. The van der Waals surface area contributed by atoms with E-state index in [1.54, 1.807) is 6.07 Å². The lowest BCUT2D eigenvalue weighted by Gasteiger charge is -2.39. The van der Waals surface area contributed by atoms with E-state index >= 15 is 0 Å². The minimum atomic E-state index is -0.224. The maximum absolute atomic E-state index is 13.6.